The number of fused-ring (bicyclic) bond motifs is 7. The van der Waals surface area contributed by atoms with Gasteiger partial charge in [0.15, 0.2) is 11.6 Å². The molecular weight excluding hydrogens is 589 g/mol. The van der Waals surface area contributed by atoms with Crippen LogP contribution in [0.4, 0.5) is 0 Å². The summed E-state index contributed by atoms with van der Waals surface area (Å²) in [5, 5.41) is 6.80. The Morgan fingerprint density at radius 2 is 1.04 bits per heavy atom. The van der Waals surface area contributed by atoms with Crippen molar-refractivity contribution in [1.82, 2.24) is 19.5 Å². The van der Waals surface area contributed by atoms with E-state index in [1.165, 1.54) is 16.3 Å². The molecule has 0 fully saturated rings. The molecule has 224 valence electrons. The number of furan rings is 1. The Hall–Kier alpha value is -6.59. The molecule has 3 heterocycles. The van der Waals surface area contributed by atoms with Gasteiger partial charge in [0.05, 0.1) is 16.6 Å². The maximum absolute atomic E-state index is 6.72. The van der Waals surface area contributed by atoms with Crippen LogP contribution in [-0.4, -0.2) is 19.5 Å². The second kappa shape index (κ2) is 10.5. The van der Waals surface area contributed by atoms with Crippen LogP contribution < -0.4 is 0 Å². The van der Waals surface area contributed by atoms with E-state index in [4.69, 9.17) is 19.4 Å². The molecule has 0 aliphatic carbocycles. The molecule has 0 saturated heterocycles. The highest BCUT2D eigenvalue weighted by molar-refractivity contribution is 6.11. The van der Waals surface area contributed by atoms with E-state index in [1.807, 2.05) is 36.4 Å². The molecule has 0 spiro atoms. The molecule has 0 unspecified atom stereocenters. The third-order valence-electron chi connectivity index (χ3n) is 9.28. The topological polar surface area (TPSA) is 56.7 Å². The average molecular weight is 615 g/mol. The molecule has 5 nitrogen and oxygen atoms in total. The zero-order valence-corrected chi connectivity index (χ0v) is 25.7. The van der Waals surface area contributed by atoms with Gasteiger partial charge in [0, 0.05) is 27.1 Å². The molecule has 48 heavy (non-hydrogen) atoms. The van der Waals surface area contributed by atoms with Gasteiger partial charge < -0.3 is 4.42 Å². The number of benzene rings is 7. The smallest absolute Gasteiger partial charge is 0.238 e. The summed E-state index contributed by atoms with van der Waals surface area (Å²) in [7, 11) is 0. The average Bonchev–Trinajstić information content (AvgIpc) is 3.70. The van der Waals surface area contributed by atoms with Gasteiger partial charge in [0.1, 0.15) is 11.2 Å². The number of para-hydroxylation sites is 3. The minimum Gasteiger partial charge on any atom is -0.455 e. The lowest BCUT2D eigenvalue weighted by atomic mass is 9.97. The number of aromatic nitrogens is 4. The van der Waals surface area contributed by atoms with Gasteiger partial charge in [-0.1, -0.05) is 127 Å². The largest absolute Gasteiger partial charge is 0.455 e. The van der Waals surface area contributed by atoms with Crippen molar-refractivity contribution in [2.24, 2.45) is 0 Å². The Morgan fingerprint density at radius 3 is 1.85 bits per heavy atom. The molecule has 0 amide bonds. The van der Waals surface area contributed by atoms with Crippen LogP contribution in [0.1, 0.15) is 0 Å². The summed E-state index contributed by atoms with van der Waals surface area (Å²) in [5.41, 5.74) is 7.67. The number of rotatable bonds is 4. The first-order valence-electron chi connectivity index (χ1n) is 16.0. The Bertz CT molecular complexity index is 2790. The summed E-state index contributed by atoms with van der Waals surface area (Å²) in [4.78, 5) is 15.3. The first-order chi connectivity index (χ1) is 23.8. The highest BCUT2D eigenvalue weighted by atomic mass is 16.3. The van der Waals surface area contributed by atoms with Crippen LogP contribution >= 0.6 is 0 Å². The van der Waals surface area contributed by atoms with Crippen LogP contribution in [0, 0.1) is 0 Å². The highest BCUT2D eigenvalue weighted by Crippen LogP contribution is 2.39. The first-order valence-corrected chi connectivity index (χ1v) is 16.0. The third kappa shape index (κ3) is 4.08. The normalized spacial score (nSPS) is 11.8. The molecule has 7 aromatic carbocycles. The molecule has 10 aromatic rings. The quantitative estimate of drug-likeness (QED) is 0.198. The lowest BCUT2D eigenvalue weighted by Crippen LogP contribution is -2.06. The summed E-state index contributed by atoms with van der Waals surface area (Å²) >= 11 is 0. The number of nitrogens with zero attached hydrogens (tertiary/aromatic N) is 4. The van der Waals surface area contributed by atoms with Gasteiger partial charge in [-0.2, -0.15) is 9.97 Å². The van der Waals surface area contributed by atoms with Crippen molar-refractivity contribution in [1.29, 1.82) is 0 Å². The van der Waals surface area contributed by atoms with Gasteiger partial charge >= 0.3 is 0 Å². The maximum Gasteiger partial charge on any atom is 0.238 e. The second-order valence-electron chi connectivity index (χ2n) is 12.0. The van der Waals surface area contributed by atoms with E-state index in [0.29, 0.717) is 17.6 Å². The lowest BCUT2D eigenvalue weighted by molar-refractivity contribution is 0.669. The van der Waals surface area contributed by atoms with Crippen molar-refractivity contribution in [2.75, 3.05) is 0 Å². The van der Waals surface area contributed by atoms with E-state index >= 15 is 0 Å². The SMILES string of the molecule is c1ccc(-c2nc(-c3cccc4c3oc3cc(-c5cccc6ccccc56)ccc34)nc(-n3c4ccccc4c4ccccc43)n2)cc1. The standard InChI is InChI=1S/C43H26N4O/c1-2-13-28(14-3-1)41-44-42(46-43(45-41)47-37-22-8-6-17-32(37)33-18-7-9-23-38(33)47)36-21-11-20-35-34-25-24-29(26-39(34)48-40(35)36)31-19-10-15-27-12-4-5-16-30(27)31/h1-26H. The molecule has 0 aliphatic heterocycles. The van der Waals surface area contributed by atoms with E-state index in [9.17, 15) is 0 Å². The highest BCUT2D eigenvalue weighted by Gasteiger charge is 2.20. The zero-order chi connectivity index (χ0) is 31.6. The summed E-state index contributed by atoms with van der Waals surface area (Å²) in [6, 6.07) is 54.5. The molecule has 0 atom stereocenters. The van der Waals surface area contributed by atoms with Crippen molar-refractivity contribution < 1.29 is 4.42 Å². The van der Waals surface area contributed by atoms with Crippen LogP contribution in [0.2, 0.25) is 0 Å². The van der Waals surface area contributed by atoms with Crippen LogP contribution in [0.3, 0.4) is 0 Å². The Morgan fingerprint density at radius 1 is 0.417 bits per heavy atom. The molecule has 5 heteroatoms. The van der Waals surface area contributed by atoms with Crippen LogP contribution in [-0.2, 0) is 0 Å². The van der Waals surface area contributed by atoms with Gasteiger partial charge in [-0.15, -0.1) is 0 Å². The van der Waals surface area contributed by atoms with Crippen molar-refractivity contribution in [3.8, 4) is 39.9 Å². The third-order valence-corrected chi connectivity index (χ3v) is 9.28. The fraction of sp³-hybridized carbons (Fsp3) is 0. The molecule has 0 radical (unpaired) electrons. The molecule has 3 aromatic heterocycles. The van der Waals surface area contributed by atoms with E-state index < -0.39 is 0 Å². The molecule has 0 bridgehead atoms. The summed E-state index contributed by atoms with van der Waals surface area (Å²) in [5.74, 6) is 1.71. The fourth-order valence-electron chi connectivity index (χ4n) is 7.06. The maximum atomic E-state index is 6.72. The van der Waals surface area contributed by atoms with E-state index in [2.05, 4.69) is 126 Å². The van der Waals surface area contributed by atoms with Gasteiger partial charge in [-0.25, -0.2) is 4.98 Å². The Kier molecular flexibility index (Phi) is 5.81. The fourth-order valence-corrected chi connectivity index (χ4v) is 7.06. The zero-order valence-electron chi connectivity index (χ0n) is 25.7. The molecule has 0 saturated carbocycles. The van der Waals surface area contributed by atoms with E-state index in [1.54, 1.807) is 0 Å². The van der Waals surface area contributed by atoms with E-state index in [-0.39, 0.29) is 0 Å². The number of hydrogen-bond acceptors (Lipinski definition) is 4. The van der Waals surface area contributed by atoms with Crippen molar-refractivity contribution >= 4 is 54.5 Å². The minimum absolute atomic E-state index is 0.555. The van der Waals surface area contributed by atoms with Crippen LogP contribution in [0.15, 0.2) is 162 Å². The number of hydrogen-bond donors (Lipinski definition) is 0. The molecule has 0 aliphatic rings. The van der Waals surface area contributed by atoms with Gasteiger partial charge in [0.25, 0.3) is 0 Å². The van der Waals surface area contributed by atoms with Crippen LogP contribution in [0.25, 0.3) is 94.4 Å². The summed E-state index contributed by atoms with van der Waals surface area (Å²) in [6.07, 6.45) is 0. The predicted molar refractivity (Wildman–Crippen MR) is 195 cm³/mol. The van der Waals surface area contributed by atoms with Crippen LogP contribution in [0.5, 0.6) is 0 Å². The minimum atomic E-state index is 0.555. The predicted octanol–water partition coefficient (Wildman–Crippen LogP) is 11.0. The Labute approximate surface area is 275 Å². The van der Waals surface area contributed by atoms with Crippen molar-refractivity contribution in [3.63, 3.8) is 0 Å². The van der Waals surface area contributed by atoms with Gasteiger partial charge in [-0.3, -0.25) is 4.57 Å². The Balaban J connectivity index is 1.21. The van der Waals surface area contributed by atoms with Gasteiger partial charge in [0.2, 0.25) is 5.95 Å². The lowest BCUT2D eigenvalue weighted by Gasteiger charge is -2.11. The molecule has 0 N–H and O–H groups in total. The van der Waals surface area contributed by atoms with Crippen molar-refractivity contribution in [2.45, 2.75) is 0 Å². The molecule has 10 rings (SSSR count). The monoisotopic (exact) mass is 614 g/mol. The van der Waals surface area contributed by atoms with Crippen molar-refractivity contribution in [3.05, 3.63) is 158 Å². The second-order valence-corrected chi connectivity index (χ2v) is 12.0. The van der Waals surface area contributed by atoms with Gasteiger partial charge in [-0.05, 0) is 52.2 Å². The van der Waals surface area contributed by atoms with E-state index in [0.717, 1.165) is 60.4 Å². The summed E-state index contributed by atoms with van der Waals surface area (Å²) < 4.78 is 8.86. The molecular formula is C43H26N4O. The summed E-state index contributed by atoms with van der Waals surface area (Å²) in [6.45, 7) is 0. The first kappa shape index (κ1) is 26.6.